The Morgan fingerprint density at radius 1 is 1.18 bits per heavy atom. The summed E-state index contributed by atoms with van der Waals surface area (Å²) in [6.07, 6.45) is 4.56. The molecule has 2 aliphatic rings. The monoisotopic (exact) mass is 236 g/mol. The number of nitrogens with zero attached hydrogens (tertiary/aromatic N) is 2. The fourth-order valence-electron chi connectivity index (χ4n) is 2.73. The van der Waals surface area contributed by atoms with Crippen LogP contribution in [0.1, 0.15) is 36.9 Å². The number of nitrogens with one attached hydrogen (secondary N) is 2. The van der Waals surface area contributed by atoms with Crippen LogP contribution in [0, 0.1) is 5.92 Å². The van der Waals surface area contributed by atoms with Gasteiger partial charge in [-0.15, -0.1) is 0 Å². The predicted octanol–water partition coefficient (Wildman–Crippen LogP) is 0.689. The quantitative estimate of drug-likeness (QED) is 0.808. The molecular weight excluding hydrogens is 216 g/mol. The summed E-state index contributed by atoms with van der Waals surface area (Å²) in [7, 11) is 0. The van der Waals surface area contributed by atoms with Crippen LogP contribution in [0.15, 0.2) is 4.52 Å². The minimum Gasteiger partial charge on any atom is -0.339 e. The summed E-state index contributed by atoms with van der Waals surface area (Å²) in [5.74, 6) is 2.83. The van der Waals surface area contributed by atoms with Crippen LogP contribution in [0.3, 0.4) is 0 Å². The molecule has 1 aromatic heterocycles. The smallest absolute Gasteiger partial charge is 0.231 e. The maximum atomic E-state index is 5.39. The lowest BCUT2D eigenvalue weighted by Crippen LogP contribution is -2.28. The molecule has 2 aliphatic heterocycles. The number of aromatic nitrogens is 2. The van der Waals surface area contributed by atoms with Crippen LogP contribution in [0.5, 0.6) is 0 Å². The maximum Gasteiger partial charge on any atom is 0.231 e. The molecule has 5 nitrogen and oxygen atoms in total. The Balaban J connectivity index is 1.60. The number of hydrogen-bond acceptors (Lipinski definition) is 5. The fourth-order valence-corrected chi connectivity index (χ4v) is 2.73. The summed E-state index contributed by atoms with van der Waals surface area (Å²) in [5, 5.41) is 10.9. The molecule has 2 saturated heterocycles. The van der Waals surface area contributed by atoms with E-state index in [0.29, 0.717) is 11.8 Å². The van der Waals surface area contributed by atoms with Crippen LogP contribution in [-0.2, 0) is 6.42 Å². The van der Waals surface area contributed by atoms with Crippen LogP contribution in [-0.4, -0.2) is 36.3 Å². The van der Waals surface area contributed by atoms with Gasteiger partial charge in [0.1, 0.15) is 0 Å². The van der Waals surface area contributed by atoms with E-state index in [0.717, 1.165) is 44.3 Å². The fraction of sp³-hybridized carbons (Fsp3) is 0.833. The van der Waals surface area contributed by atoms with Gasteiger partial charge in [-0.1, -0.05) is 5.16 Å². The lowest BCUT2D eigenvalue weighted by Gasteiger charge is -2.18. The molecule has 2 fully saturated rings. The van der Waals surface area contributed by atoms with Crippen molar-refractivity contribution in [2.24, 2.45) is 5.92 Å². The van der Waals surface area contributed by atoms with Crippen LogP contribution in [0.4, 0.5) is 0 Å². The molecule has 0 spiro atoms. The minimum absolute atomic E-state index is 0.423. The highest BCUT2D eigenvalue weighted by Crippen LogP contribution is 2.22. The van der Waals surface area contributed by atoms with Gasteiger partial charge in [0, 0.05) is 13.0 Å². The zero-order valence-corrected chi connectivity index (χ0v) is 10.1. The Morgan fingerprint density at radius 2 is 2.12 bits per heavy atom. The largest absolute Gasteiger partial charge is 0.339 e. The number of hydrogen-bond donors (Lipinski definition) is 2. The van der Waals surface area contributed by atoms with Gasteiger partial charge in [-0.05, 0) is 44.8 Å². The van der Waals surface area contributed by atoms with Crippen LogP contribution >= 0.6 is 0 Å². The molecule has 0 radical (unpaired) electrons. The van der Waals surface area contributed by atoms with E-state index in [1.54, 1.807) is 0 Å². The molecule has 1 aromatic rings. The van der Waals surface area contributed by atoms with Gasteiger partial charge >= 0.3 is 0 Å². The summed E-state index contributed by atoms with van der Waals surface area (Å²) in [4.78, 5) is 4.55. The average molecular weight is 236 g/mol. The highest BCUT2D eigenvalue weighted by molar-refractivity contribution is 4.98. The molecule has 2 atom stereocenters. The highest BCUT2D eigenvalue weighted by Gasteiger charge is 2.23. The predicted molar refractivity (Wildman–Crippen MR) is 63.8 cm³/mol. The van der Waals surface area contributed by atoms with E-state index in [1.807, 2.05) is 0 Å². The molecule has 2 N–H and O–H groups in total. The second-order valence-corrected chi connectivity index (χ2v) is 5.16. The van der Waals surface area contributed by atoms with E-state index < -0.39 is 0 Å². The van der Waals surface area contributed by atoms with Gasteiger partial charge in [-0.3, -0.25) is 0 Å². The van der Waals surface area contributed by atoms with E-state index in [-0.39, 0.29) is 0 Å². The molecule has 94 valence electrons. The van der Waals surface area contributed by atoms with Gasteiger partial charge in [0.15, 0.2) is 5.82 Å². The van der Waals surface area contributed by atoms with Crippen LogP contribution in [0.2, 0.25) is 0 Å². The summed E-state index contributed by atoms with van der Waals surface area (Å²) < 4.78 is 5.39. The summed E-state index contributed by atoms with van der Waals surface area (Å²) in [6.45, 7) is 4.31. The molecule has 2 unspecified atom stereocenters. The van der Waals surface area contributed by atoms with E-state index in [4.69, 9.17) is 4.52 Å². The van der Waals surface area contributed by atoms with Gasteiger partial charge in [-0.2, -0.15) is 4.98 Å². The van der Waals surface area contributed by atoms with Gasteiger partial charge in [-0.25, -0.2) is 0 Å². The van der Waals surface area contributed by atoms with E-state index >= 15 is 0 Å². The Bertz CT molecular complexity index is 353. The molecule has 0 aromatic carbocycles. The molecule has 17 heavy (non-hydrogen) atoms. The third-order valence-corrected chi connectivity index (χ3v) is 3.76. The minimum atomic E-state index is 0.423. The molecule has 0 saturated carbocycles. The van der Waals surface area contributed by atoms with Crippen molar-refractivity contribution in [3.05, 3.63) is 11.7 Å². The first-order valence-corrected chi connectivity index (χ1v) is 6.66. The van der Waals surface area contributed by atoms with Crippen molar-refractivity contribution in [2.45, 2.75) is 31.6 Å². The Hall–Kier alpha value is -0.940. The molecule has 0 bridgehead atoms. The van der Waals surface area contributed by atoms with Crippen molar-refractivity contribution in [1.29, 1.82) is 0 Å². The summed E-state index contributed by atoms with van der Waals surface area (Å²) in [5.41, 5.74) is 0. The second-order valence-electron chi connectivity index (χ2n) is 5.16. The second kappa shape index (κ2) is 5.14. The van der Waals surface area contributed by atoms with Crippen molar-refractivity contribution >= 4 is 0 Å². The van der Waals surface area contributed by atoms with Gasteiger partial charge in [0.2, 0.25) is 5.89 Å². The lowest BCUT2D eigenvalue weighted by molar-refractivity contribution is 0.319. The SMILES string of the molecule is C1CNCC(c2nc(CC3CCNC3)no2)C1. The van der Waals surface area contributed by atoms with Crippen LogP contribution in [0.25, 0.3) is 0 Å². The number of rotatable bonds is 3. The molecule has 3 heterocycles. The third-order valence-electron chi connectivity index (χ3n) is 3.76. The Kier molecular flexibility index (Phi) is 3.38. The van der Waals surface area contributed by atoms with Gasteiger partial charge < -0.3 is 15.2 Å². The van der Waals surface area contributed by atoms with Gasteiger partial charge in [0.05, 0.1) is 5.92 Å². The Labute approximate surface area is 101 Å². The molecule has 3 rings (SSSR count). The third kappa shape index (κ3) is 2.66. The average Bonchev–Trinajstić information content (AvgIpc) is 3.02. The first kappa shape index (κ1) is 11.2. The Morgan fingerprint density at radius 3 is 2.88 bits per heavy atom. The first-order valence-electron chi connectivity index (χ1n) is 6.66. The number of piperidine rings is 1. The van der Waals surface area contributed by atoms with Crippen molar-refractivity contribution in [1.82, 2.24) is 20.8 Å². The topological polar surface area (TPSA) is 63.0 Å². The summed E-state index contributed by atoms with van der Waals surface area (Å²) in [6, 6.07) is 0. The van der Waals surface area contributed by atoms with Crippen molar-refractivity contribution in [2.75, 3.05) is 26.2 Å². The zero-order valence-electron chi connectivity index (χ0n) is 10.1. The molecule has 5 heteroatoms. The highest BCUT2D eigenvalue weighted by atomic mass is 16.5. The molecule has 0 aliphatic carbocycles. The van der Waals surface area contributed by atoms with E-state index in [2.05, 4.69) is 20.8 Å². The van der Waals surface area contributed by atoms with E-state index in [1.165, 1.54) is 19.3 Å². The standard InChI is InChI=1S/C12H20N4O/c1-2-10(8-13-4-1)12-15-11(16-17-12)6-9-3-5-14-7-9/h9-10,13-14H,1-8H2. The van der Waals surface area contributed by atoms with Crippen LogP contribution < -0.4 is 10.6 Å². The first-order chi connectivity index (χ1) is 8.42. The van der Waals surface area contributed by atoms with E-state index in [9.17, 15) is 0 Å². The lowest BCUT2D eigenvalue weighted by atomic mass is 10.00. The zero-order chi connectivity index (χ0) is 11.5. The molecule has 0 amide bonds. The maximum absolute atomic E-state index is 5.39. The normalized spacial score (nSPS) is 29.6. The van der Waals surface area contributed by atoms with Crippen molar-refractivity contribution < 1.29 is 4.52 Å². The van der Waals surface area contributed by atoms with Gasteiger partial charge in [0.25, 0.3) is 0 Å². The van der Waals surface area contributed by atoms with Crippen molar-refractivity contribution in [3.63, 3.8) is 0 Å². The molecular formula is C12H20N4O. The summed E-state index contributed by atoms with van der Waals surface area (Å²) >= 11 is 0. The van der Waals surface area contributed by atoms with Crippen molar-refractivity contribution in [3.8, 4) is 0 Å².